The summed E-state index contributed by atoms with van der Waals surface area (Å²) in [5.41, 5.74) is 0.762. The Kier molecular flexibility index (Phi) is 5.45. The molecule has 116 valence electrons. The van der Waals surface area contributed by atoms with Crippen molar-refractivity contribution in [3.05, 3.63) is 28.0 Å². The highest BCUT2D eigenvalue weighted by Crippen LogP contribution is 2.26. The third-order valence-corrected chi connectivity index (χ3v) is 5.76. The summed E-state index contributed by atoms with van der Waals surface area (Å²) in [7, 11) is -3.53. The molecule has 0 radical (unpaired) electrons. The topological polar surface area (TPSA) is 97.1 Å². The fourth-order valence-electron chi connectivity index (χ4n) is 1.88. The van der Waals surface area contributed by atoms with Crippen molar-refractivity contribution in [1.82, 2.24) is 20.2 Å². The Morgan fingerprint density at radius 2 is 2.24 bits per heavy atom. The second-order valence-corrected chi connectivity index (χ2v) is 7.10. The summed E-state index contributed by atoms with van der Waals surface area (Å²) in [4.78, 5) is 5.05. The Hall–Kier alpha value is -1.29. The largest absolute Gasteiger partial charge is 0.340 e. The smallest absolute Gasteiger partial charge is 0.241 e. The lowest BCUT2D eigenvalue weighted by Gasteiger charge is -2.08. The molecule has 0 aliphatic carbocycles. The third-order valence-electron chi connectivity index (χ3n) is 2.83. The van der Waals surface area contributed by atoms with Crippen LogP contribution in [-0.2, 0) is 23.0 Å². The second-order valence-electron chi connectivity index (χ2n) is 4.43. The van der Waals surface area contributed by atoms with Gasteiger partial charge in [-0.25, -0.2) is 13.1 Å². The van der Waals surface area contributed by atoms with Gasteiger partial charge in [-0.05, 0) is 24.4 Å². The van der Waals surface area contributed by atoms with Gasteiger partial charge in [0, 0.05) is 24.4 Å². The SMILES string of the molecule is CCNCc1scc(C)c1S(=O)(=O)NCCc1ncno1. The number of sulfonamides is 1. The number of rotatable bonds is 8. The highest BCUT2D eigenvalue weighted by Gasteiger charge is 2.22. The Labute approximate surface area is 127 Å². The molecule has 0 aromatic carbocycles. The molecule has 0 amide bonds. The van der Waals surface area contributed by atoms with Crippen molar-refractivity contribution in [1.29, 1.82) is 0 Å². The Bertz CT molecular complexity index is 665. The third kappa shape index (κ3) is 4.10. The quantitative estimate of drug-likeness (QED) is 0.751. The molecule has 0 unspecified atom stereocenters. The molecule has 7 nitrogen and oxygen atoms in total. The molecular formula is C12H18N4O3S2. The van der Waals surface area contributed by atoms with E-state index >= 15 is 0 Å². The minimum Gasteiger partial charge on any atom is -0.340 e. The van der Waals surface area contributed by atoms with Crippen molar-refractivity contribution in [2.45, 2.75) is 31.7 Å². The summed E-state index contributed by atoms with van der Waals surface area (Å²) in [6, 6.07) is 0. The van der Waals surface area contributed by atoms with E-state index in [0.717, 1.165) is 17.0 Å². The molecule has 2 aromatic heterocycles. The van der Waals surface area contributed by atoms with Crippen molar-refractivity contribution in [3.63, 3.8) is 0 Å². The van der Waals surface area contributed by atoms with Crippen molar-refractivity contribution >= 4 is 21.4 Å². The molecule has 0 fully saturated rings. The highest BCUT2D eigenvalue weighted by atomic mass is 32.2. The number of hydrogen-bond donors (Lipinski definition) is 2. The van der Waals surface area contributed by atoms with Gasteiger partial charge >= 0.3 is 0 Å². The maximum absolute atomic E-state index is 12.4. The summed E-state index contributed by atoms with van der Waals surface area (Å²) < 4.78 is 32.3. The molecule has 2 N–H and O–H groups in total. The molecule has 0 spiro atoms. The highest BCUT2D eigenvalue weighted by molar-refractivity contribution is 7.89. The number of aromatic nitrogens is 2. The van der Waals surface area contributed by atoms with Crippen LogP contribution in [0.15, 0.2) is 21.1 Å². The number of aryl methyl sites for hydroxylation is 1. The van der Waals surface area contributed by atoms with Crippen LogP contribution < -0.4 is 10.0 Å². The van der Waals surface area contributed by atoms with Gasteiger partial charge in [-0.2, -0.15) is 4.98 Å². The molecule has 21 heavy (non-hydrogen) atoms. The number of hydrogen-bond acceptors (Lipinski definition) is 7. The summed E-state index contributed by atoms with van der Waals surface area (Å²) in [5, 5.41) is 8.49. The summed E-state index contributed by atoms with van der Waals surface area (Å²) in [5.74, 6) is 0.410. The van der Waals surface area contributed by atoms with E-state index in [2.05, 4.69) is 20.2 Å². The molecule has 0 saturated heterocycles. The molecule has 0 saturated carbocycles. The van der Waals surface area contributed by atoms with Gasteiger partial charge in [0.1, 0.15) is 4.90 Å². The fourth-order valence-corrected chi connectivity index (χ4v) is 4.69. The lowest BCUT2D eigenvalue weighted by molar-refractivity contribution is 0.377. The van der Waals surface area contributed by atoms with Crippen molar-refractivity contribution in [2.24, 2.45) is 0 Å². The standard InChI is InChI=1S/C12H18N4O3S2/c1-3-13-6-10-12(9(2)7-20-10)21(17,18)16-5-4-11-14-8-15-19-11/h7-8,13,16H,3-6H2,1-2H3. The number of nitrogens with one attached hydrogen (secondary N) is 2. The fraction of sp³-hybridized carbons (Fsp3) is 0.500. The van der Waals surface area contributed by atoms with E-state index in [0.29, 0.717) is 23.8 Å². The first-order valence-corrected chi connectivity index (χ1v) is 8.93. The van der Waals surface area contributed by atoms with Crippen LogP contribution >= 0.6 is 11.3 Å². The number of thiophene rings is 1. The normalized spacial score (nSPS) is 11.9. The predicted molar refractivity (Wildman–Crippen MR) is 79.6 cm³/mol. The van der Waals surface area contributed by atoms with Gasteiger partial charge < -0.3 is 9.84 Å². The predicted octanol–water partition coefficient (Wildman–Crippen LogP) is 1.07. The maximum atomic E-state index is 12.4. The molecule has 0 bridgehead atoms. The van der Waals surface area contributed by atoms with Crippen molar-refractivity contribution < 1.29 is 12.9 Å². The van der Waals surface area contributed by atoms with E-state index in [9.17, 15) is 8.42 Å². The van der Waals surface area contributed by atoms with Gasteiger partial charge in [0.2, 0.25) is 15.9 Å². The van der Waals surface area contributed by atoms with E-state index in [4.69, 9.17) is 4.52 Å². The zero-order chi connectivity index (χ0) is 15.3. The minimum absolute atomic E-state index is 0.223. The van der Waals surface area contributed by atoms with Crippen LogP contribution in [0, 0.1) is 6.92 Å². The van der Waals surface area contributed by atoms with Crippen LogP contribution in [-0.4, -0.2) is 31.6 Å². The van der Waals surface area contributed by atoms with E-state index in [1.54, 1.807) is 6.92 Å². The summed E-state index contributed by atoms with van der Waals surface area (Å²) in [6.45, 7) is 5.35. The number of nitrogens with zero attached hydrogens (tertiary/aromatic N) is 2. The molecule has 0 aliphatic rings. The lowest BCUT2D eigenvalue weighted by atomic mass is 10.3. The summed E-state index contributed by atoms with van der Waals surface area (Å²) >= 11 is 1.45. The first-order chi connectivity index (χ1) is 10.0. The zero-order valence-corrected chi connectivity index (χ0v) is 13.6. The minimum atomic E-state index is -3.53. The van der Waals surface area contributed by atoms with Crippen LogP contribution in [0.2, 0.25) is 0 Å². The Balaban J connectivity index is 2.06. The van der Waals surface area contributed by atoms with Gasteiger partial charge in [0.15, 0.2) is 6.33 Å². The van der Waals surface area contributed by atoms with E-state index < -0.39 is 10.0 Å². The van der Waals surface area contributed by atoms with E-state index in [1.807, 2.05) is 12.3 Å². The van der Waals surface area contributed by atoms with Gasteiger partial charge in [0.05, 0.1) is 0 Å². The first-order valence-electron chi connectivity index (χ1n) is 6.57. The molecule has 9 heteroatoms. The lowest BCUT2D eigenvalue weighted by Crippen LogP contribution is -2.27. The average molecular weight is 330 g/mol. The molecule has 2 rings (SSSR count). The van der Waals surface area contributed by atoms with Gasteiger partial charge in [-0.15, -0.1) is 11.3 Å². The van der Waals surface area contributed by atoms with Crippen LogP contribution in [0.25, 0.3) is 0 Å². The van der Waals surface area contributed by atoms with E-state index in [-0.39, 0.29) is 6.54 Å². The maximum Gasteiger partial charge on any atom is 0.241 e. The van der Waals surface area contributed by atoms with Gasteiger partial charge in [-0.3, -0.25) is 0 Å². The zero-order valence-electron chi connectivity index (χ0n) is 11.9. The van der Waals surface area contributed by atoms with Crippen LogP contribution in [0.1, 0.15) is 23.3 Å². The van der Waals surface area contributed by atoms with E-state index in [1.165, 1.54) is 17.7 Å². The van der Waals surface area contributed by atoms with Crippen LogP contribution in [0.5, 0.6) is 0 Å². The van der Waals surface area contributed by atoms with Crippen molar-refractivity contribution in [2.75, 3.05) is 13.1 Å². The first kappa shape index (κ1) is 16.1. The van der Waals surface area contributed by atoms with Crippen molar-refractivity contribution in [3.8, 4) is 0 Å². The van der Waals surface area contributed by atoms with Gasteiger partial charge in [0.25, 0.3) is 0 Å². The Morgan fingerprint density at radius 1 is 1.43 bits per heavy atom. The molecular weight excluding hydrogens is 312 g/mol. The van der Waals surface area contributed by atoms with Crippen LogP contribution in [0.4, 0.5) is 0 Å². The van der Waals surface area contributed by atoms with Crippen LogP contribution in [0.3, 0.4) is 0 Å². The summed E-state index contributed by atoms with van der Waals surface area (Å²) in [6.07, 6.45) is 1.66. The monoisotopic (exact) mass is 330 g/mol. The molecule has 2 aromatic rings. The molecule has 0 atom stereocenters. The molecule has 0 aliphatic heterocycles. The average Bonchev–Trinajstić information content (AvgIpc) is 3.06. The second kappa shape index (κ2) is 7.12. The Morgan fingerprint density at radius 3 is 2.90 bits per heavy atom. The van der Waals surface area contributed by atoms with Gasteiger partial charge in [-0.1, -0.05) is 12.1 Å². The molecule has 2 heterocycles.